The molecule has 2 rings (SSSR count). The Morgan fingerprint density at radius 2 is 2.04 bits per heavy atom. The van der Waals surface area contributed by atoms with Gasteiger partial charge in [0.25, 0.3) is 5.56 Å². The van der Waals surface area contributed by atoms with E-state index in [4.69, 9.17) is 9.72 Å². The van der Waals surface area contributed by atoms with Crippen LogP contribution in [0.15, 0.2) is 46.8 Å². The van der Waals surface area contributed by atoms with Crippen molar-refractivity contribution in [3.05, 3.63) is 58.2 Å². The number of aromatic nitrogens is 2. The van der Waals surface area contributed by atoms with Crippen molar-refractivity contribution in [1.29, 1.82) is 0 Å². The number of fused-ring (bicyclic) bond motifs is 1. The van der Waals surface area contributed by atoms with E-state index < -0.39 is 0 Å². The van der Waals surface area contributed by atoms with Gasteiger partial charge in [0.05, 0.1) is 23.6 Å². The largest absolute Gasteiger partial charge is 0.383 e. The normalized spacial score (nSPS) is 13.0. The average molecular weight is 355 g/mol. The monoisotopic (exact) mass is 355 g/mol. The van der Waals surface area contributed by atoms with Crippen molar-refractivity contribution in [3.63, 3.8) is 0 Å². The van der Waals surface area contributed by atoms with E-state index in [0.717, 1.165) is 23.5 Å². The molecule has 5 heteroatoms. The fraction of sp³-hybridized carbons (Fsp3) is 0.429. The van der Waals surface area contributed by atoms with Gasteiger partial charge in [-0.1, -0.05) is 30.7 Å². The Balaban J connectivity index is 2.66. The highest BCUT2D eigenvalue weighted by Crippen LogP contribution is 2.19. The lowest BCUT2D eigenvalue weighted by atomic mass is 10.2. The maximum atomic E-state index is 13.2. The molecule has 1 heterocycles. The lowest BCUT2D eigenvalue weighted by Crippen LogP contribution is -2.32. The zero-order valence-electron chi connectivity index (χ0n) is 16.4. The van der Waals surface area contributed by atoms with Crippen LogP contribution in [0.25, 0.3) is 16.6 Å². The molecule has 0 saturated heterocycles. The van der Waals surface area contributed by atoms with E-state index in [1.54, 1.807) is 11.7 Å². The highest BCUT2D eigenvalue weighted by molar-refractivity contribution is 5.78. The molecule has 0 amide bonds. The molecular weight excluding hydrogens is 326 g/mol. The number of nitrogens with one attached hydrogen (secondary N) is 1. The second-order valence-electron chi connectivity index (χ2n) is 6.55. The van der Waals surface area contributed by atoms with Crippen LogP contribution in [-0.2, 0) is 4.74 Å². The first-order valence-electron chi connectivity index (χ1n) is 9.08. The Morgan fingerprint density at radius 1 is 1.31 bits per heavy atom. The van der Waals surface area contributed by atoms with Gasteiger partial charge in [0.15, 0.2) is 0 Å². The van der Waals surface area contributed by atoms with Crippen molar-refractivity contribution < 1.29 is 4.74 Å². The quantitative estimate of drug-likeness (QED) is 0.576. The number of allylic oxidation sites excluding steroid dienone is 4. The van der Waals surface area contributed by atoms with Gasteiger partial charge in [-0.2, -0.15) is 0 Å². The summed E-state index contributed by atoms with van der Waals surface area (Å²) in [5.41, 5.74) is 2.82. The summed E-state index contributed by atoms with van der Waals surface area (Å²) in [7, 11) is 1.67. The summed E-state index contributed by atoms with van der Waals surface area (Å²) in [5.74, 6) is 0.722. The molecule has 5 nitrogen and oxygen atoms in total. The van der Waals surface area contributed by atoms with Gasteiger partial charge in [-0.25, -0.2) is 4.98 Å². The van der Waals surface area contributed by atoms with E-state index in [1.165, 1.54) is 5.57 Å². The molecule has 1 N–H and O–H groups in total. The van der Waals surface area contributed by atoms with Gasteiger partial charge < -0.3 is 10.1 Å². The molecular formula is C21H29N3O2. The summed E-state index contributed by atoms with van der Waals surface area (Å²) in [6.07, 6.45) is 4.79. The zero-order valence-corrected chi connectivity index (χ0v) is 16.4. The summed E-state index contributed by atoms with van der Waals surface area (Å²) >= 11 is 0. The molecule has 0 aliphatic rings. The van der Waals surface area contributed by atoms with E-state index in [2.05, 4.69) is 12.2 Å². The lowest BCUT2D eigenvalue weighted by Gasteiger charge is -2.21. The Morgan fingerprint density at radius 3 is 2.69 bits per heavy atom. The SMILES string of the molecule is CC/C(=C\C=C(C)C)n1c(C(C)NCCOC)nc2ccccc2c1=O. The molecule has 0 spiro atoms. The van der Waals surface area contributed by atoms with Crippen molar-refractivity contribution in [2.75, 3.05) is 20.3 Å². The maximum Gasteiger partial charge on any atom is 0.265 e. The molecule has 0 fully saturated rings. The van der Waals surface area contributed by atoms with Crippen LogP contribution in [0.1, 0.15) is 46.0 Å². The molecule has 1 atom stereocenters. The summed E-state index contributed by atoms with van der Waals surface area (Å²) in [4.78, 5) is 18.0. The van der Waals surface area contributed by atoms with Crippen LogP contribution in [0, 0.1) is 0 Å². The zero-order chi connectivity index (χ0) is 19.1. The van der Waals surface area contributed by atoms with Crippen LogP contribution >= 0.6 is 0 Å². The van der Waals surface area contributed by atoms with Gasteiger partial charge in [0, 0.05) is 19.4 Å². The lowest BCUT2D eigenvalue weighted by molar-refractivity contribution is 0.196. The number of nitrogens with zero attached hydrogens (tertiary/aromatic N) is 2. The van der Waals surface area contributed by atoms with Crippen LogP contribution in [0.5, 0.6) is 0 Å². The molecule has 1 aromatic carbocycles. The van der Waals surface area contributed by atoms with Gasteiger partial charge in [-0.05, 0) is 45.4 Å². The fourth-order valence-electron chi connectivity index (χ4n) is 2.80. The van der Waals surface area contributed by atoms with Gasteiger partial charge in [0.2, 0.25) is 0 Å². The Bertz CT molecular complexity index is 861. The van der Waals surface area contributed by atoms with Gasteiger partial charge in [0.1, 0.15) is 5.82 Å². The molecule has 26 heavy (non-hydrogen) atoms. The van der Waals surface area contributed by atoms with E-state index in [9.17, 15) is 4.79 Å². The Labute approximate surface area is 155 Å². The van der Waals surface area contributed by atoms with Crippen molar-refractivity contribution >= 4 is 16.6 Å². The first kappa shape index (κ1) is 20.1. The number of ether oxygens (including phenoxy) is 1. The molecule has 2 aromatic rings. The molecule has 0 radical (unpaired) electrons. The average Bonchev–Trinajstić information content (AvgIpc) is 2.63. The fourth-order valence-corrected chi connectivity index (χ4v) is 2.80. The molecule has 0 saturated carbocycles. The first-order valence-corrected chi connectivity index (χ1v) is 9.08. The van der Waals surface area contributed by atoms with Crippen molar-refractivity contribution in [3.8, 4) is 0 Å². The molecule has 0 bridgehead atoms. The smallest absolute Gasteiger partial charge is 0.265 e. The van der Waals surface area contributed by atoms with Gasteiger partial charge in [-0.3, -0.25) is 9.36 Å². The van der Waals surface area contributed by atoms with Crippen LogP contribution in [-0.4, -0.2) is 29.8 Å². The van der Waals surface area contributed by atoms with E-state index >= 15 is 0 Å². The Kier molecular flexibility index (Phi) is 7.30. The second kappa shape index (κ2) is 9.46. The topological polar surface area (TPSA) is 56.1 Å². The molecule has 0 aliphatic carbocycles. The predicted molar refractivity (Wildman–Crippen MR) is 108 cm³/mol. The number of hydrogen-bond donors (Lipinski definition) is 1. The van der Waals surface area contributed by atoms with Crippen LogP contribution in [0.2, 0.25) is 0 Å². The third-order valence-electron chi connectivity index (χ3n) is 4.20. The molecule has 140 valence electrons. The minimum absolute atomic E-state index is 0.0266. The van der Waals surface area contributed by atoms with Crippen molar-refractivity contribution in [1.82, 2.24) is 14.9 Å². The summed E-state index contributed by atoms with van der Waals surface area (Å²) < 4.78 is 6.87. The van der Waals surface area contributed by atoms with Crippen LogP contribution < -0.4 is 10.9 Å². The van der Waals surface area contributed by atoms with Gasteiger partial charge >= 0.3 is 0 Å². The molecule has 1 unspecified atom stereocenters. The van der Waals surface area contributed by atoms with Crippen molar-refractivity contribution in [2.24, 2.45) is 0 Å². The standard InChI is InChI=1S/C21H29N3O2/c1-6-17(12-11-15(2)3)24-20(16(4)22-13-14-26-5)23-19-10-8-7-9-18(19)21(24)25/h7-12,16,22H,6,13-14H2,1-5H3/b17-12+. The summed E-state index contributed by atoms with van der Waals surface area (Å²) in [5, 5.41) is 4.02. The maximum absolute atomic E-state index is 13.2. The minimum atomic E-state index is -0.0795. The number of methoxy groups -OCH3 is 1. The van der Waals surface area contributed by atoms with Crippen LogP contribution in [0.3, 0.4) is 0 Å². The van der Waals surface area contributed by atoms with Crippen molar-refractivity contribution in [2.45, 2.75) is 40.2 Å². The molecule has 1 aromatic heterocycles. The summed E-state index contributed by atoms with van der Waals surface area (Å²) in [6, 6.07) is 7.43. The van der Waals surface area contributed by atoms with Gasteiger partial charge in [-0.15, -0.1) is 0 Å². The predicted octanol–water partition coefficient (Wildman–Crippen LogP) is 3.91. The van der Waals surface area contributed by atoms with E-state index in [-0.39, 0.29) is 11.6 Å². The number of hydrogen-bond acceptors (Lipinski definition) is 4. The summed E-state index contributed by atoms with van der Waals surface area (Å²) in [6.45, 7) is 9.47. The number of benzene rings is 1. The highest BCUT2D eigenvalue weighted by Gasteiger charge is 2.18. The van der Waals surface area contributed by atoms with Crippen LogP contribution in [0.4, 0.5) is 0 Å². The highest BCUT2D eigenvalue weighted by atomic mass is 16.5. The number of rotatable bonds is 8. The van der Waals surface area contributed by atoms with E-state index in [1.807, 2.05) is 57.2 Å². The number of para-hydroxylation sites is 1. The molecule has 0 aliphatic heterocycles. The third-order valence-corrected chi connectivity index (χ3v) is 4.20. The second-order valence-corrected chi connectivity index (χ2v) is 6.55. The first-order chi connectivity index (χ1) is 12.5. The third kappa shape index (κ3) is 4.68. The minimum Gasteiger partial charge on any atom is -0.383 e. The Hall–Kier alpha value is -2.24. The van der Waals surface area contributed by atoms with E-state index in [0.29, 0.717) is 18.5 Å².